The Morgan fingerprint density at radius 2 is 1.83 bits per heavy atom. The molecule has 0 aromatic carbocycles. The van der Waals surface area contributed by atoms with Gasteiger partial charge >= 0.3 is 0 Å². The van der Waals surface area contributed by atoms with Crippen LogP contribution in [0.25, 0.3) is 0 Å². The van der Waals surface area contributed by atoms with Crippen molar-refractivity contribution < 1.29 is 5.11 Å². The lowest BCUT2D eigenvalue weighted by Gasteiger charge is -2.13. The molecule has 0 fully saturated rings. The molecule has 0 aliphatic heterocycles. The minimum Gasteiger partial charge on any atom is -0.396 e. The first-order valence-electron chi connectivity index (χ1n) is 6.75. The molecule has 0 saturated heterocycles. The Balaban J connectivity index is -0.000000506. The van der Waals surface area contributed by atoms with E-state index in [2.05, 4.69) is 6.58 Å². The predicted molar refractivity (Wildman–Crippen MR) is 84.7 cm³/mol. The van der Waals surface area contributed by atoms with Gasteiger partial charge in [-0.15, -0.1) is 0 Å². The molecule has 0 amide bonds. The van der Waals surface area contributed by atoms with Gasteiger partial charge in [-0.1, -0.05) is 63.5 Å². The molecular weight excluding hydrogens is 221 g/mol. The summed E-state index contributed by atoms with van der Waals surface area (Å²) in [4.78, 5) is 0. The lowest BCUT2D eigenvalue weighted by atomic mass is 9.88. The fourth-order valence-corrected chi connectivity index (χ4v) is 1.18. The average Bonchev–Trinajstić information content (AvgIpc) is 2.40. The Morgan fingerprint density at radius 1 is 1.33 bits per heavy atom. The van der Waals surface area contributed by atoms with Gasteiger partial charge in [0.25, 0.3) is 0 Å². The van der Waals surface area contributed by atoms with Crippen molar-refractivity contribution >= 4 is 7.85 Å². The van der Waals surface area contributed by atoms with E-state index in [1.54, 1.807) is 12.2 Å². The van der Waals surface area contributed by atoms with Crippen molar-refractivity contribution in [3.8, 4) is 0 Å². The van der Waals surface area contributed by atoms with Crippen LogP contribution >= 0.6 is 0 Å². The number of allylic oxidation sites excluding steroid dienone is 4. The third-order valence-corrected chi connectivity index (χ3v) is 2.00. The van der Waals surface area contributed by atoms with Crippen LogP contribution in [0.1, 0.15) is 41.0 Å². The van der Waals surface area contributed by atoms with Gasteiger partial charge in [0.2, 0.25) is 0 Å². The summed E-state index contributed by atoms with van der Waals surface area (Å²) in [7, 11) is 5.68. The Kier molecular flexibility index (Phi) is 23.1. The first-order chi connectivity index (χ1) is 8.65. The summed E-state index contributed by atoms with van der Waals surface area (Å²) in [5.41, 5.74) is 7.08. The molecule has 3 heteroatoms. The van der Waals surface area contributed by atoms with Crippen LogP contribution in [0, 0.1) is 5.92 Å². The topological polar surface area (TPSA) is 46.2 Å². The molecule has 0 saturated carbocycles. The average molecular weight is 251 g/mol. The van der Waals surface area contributed by atoms with E-state index >= 15 is 0 Å². The summed E-state index contributed by atoms with van der Waals surface area (Å²) in [5.74, 6) is 0.115. The van der Waals surface area contributed by atoms with Crippen molar-refractivity contribution in [3.63, 3.8) is 0 Å². The predicted octanol–water partition coefficient (Wildman–Crippen LogP) is 3.18. The molecule has 0 aromatic rings. The zero-order chi connectivity index (χ0) is 15.0. The Hall–Kier alpha value is -0.795. The molecule has 18 heavy (non-hydrogen) atoms. The van der Waals surface area contributed by atoms with Crippen LogP contribution in [-0.4, -0.2) is 26.1 Å². The molecule has 2 nitrogen and oxygen atoms in total. The maximum atomic E-state index is 8.79. The van der Waals surface area contributed by atoms with Crippen molar-refractivity contribution in [2.24, 2.45) is 11.7 Å². The highest BCUT2D eigenvalue weighted by Crippen LogP contribution is 2.14. The van der Waals surface area contributed by atoms with Crippen LogP contribution in [0.5, 0.6) is 0 Å². The third-order valence-electron chi connectivity index (χ3n) is 2.00. The van der Waals surface area contributed by atoms with Crippen LogP contribution in [0.3, 0.4) is 0 Å². The molecular formula is C15H30BNO. The Morgan fingerprint density at radius 3 is 2.17 bits per heavy atom. The van der Waals surface area contributed by atoms with E-state index in [0.29, 0.717) is 18.4 Å². The molecule has 1 unspecified atom stereocenters. The highest BCUT2D eigenvalue weighted by molar-refractivity contribution is 6.23. The molecule has 0 spiro atoms. The summed E-state index contributed by atoms with van der Waals surface area (Å²) in [6.07, 6.45) is 6.10. The van der Waals surface area contributed by atoms with Crippen LogP contribution < -0.4 is 5.73 Å². The molecule has 3 N–H and O–H groups in total. The number of nitrogens with two attached hydrogens (primary N) is 1. The van der Waals surface area contributed by atoms with Crippen molar-refractivity contribution in [3.05, 3.63) is 35.9 Å². The molecule has 0 rings (SSSR count). The highest BCUT2D eigenvalue weighted by Gasteiger charge is 2.07. The molecule has 0 aliphatic carbocycles. The summed E-state index contributed by atoms with van der Waals surface area (Å²) in [6.45, 7) is 14.4. The second kappa shape index (κ2) is 18.6. The molecule has 2 radical (unpaired) electrons. The van der Waals surface area contributed by atoms with Crippen molar-refractivity contribution in [2.45, 2.75) is 41.0 Å². The van der Waals surface area contributed by atoms with Gasteiger partial charge in [-0.3, -0.25) is 0 Å². The quantitative estimate of drug-likeness (QED) is 0.562. The minimum absolute atomic E-state index is 0.115. The first-order valence-corrected chi connectivity index (χ1v) is 6.75. The van der Waals surface area contributed by atoms with Gasteiger partial charge in [0.05, 0.1) is 0 Å². The van der Waals surface area contributed by atoms with Crippen molar-refractivity contribution in [2.75, 3.05) is 13.2 Å². The normalized spacial score (nSPS) is 12.1. The Labute approximate surface area is 115 Å². The molecule has 0 aromatic heterocycles. The summed E-state index contributed by atoms with van der Waals surface area (Å²) < 4.78 is 0. The molecule has 1 atom stereocenters. The van der Waals surface area contributed by atoms with Crippen LogP contribution in [-0.2, 0) is 0 Å². The van der Waals surface area contributed by atoms with Gasteiger partial charge in [0.15, 0.2) is 0 Å². The van der Waals surface area contributed by atoms with E-state index in [0.717, 1.165) is 5.57 Å². The first kappa shape index (κ1) is 22.4. The SMILES string of the molecule is CC.CC.[B]C(/C=C\C)=C/C(=C)C(CN)CCO. The van der Waals surface area contributed by atoms with E-state index in [1.165, 1.54) is 0 Å². The standard InChI is InChI=1S/C11H18BNO.2C2H6/c1-3-4-11(12)7-9(2)10(8-13)5-6-14;2*1-2/h3-4,7,10,14H,2,5-6,8,13H2,1H3;2*1-2H3/b4-3-,11-7+;;. The second-order valence-corrected chi connectivity index (χ2v) is 3.16. The fraction of sp³-hybridized carbons (Fsp3) is 0.600. The minimum atomic E-state index is 0.115. The van der Waals surface area contributed by atoms with Gasteiger partial charge in [-0.05, 0) is 25.8 Å². The number of aliphatic hydroxyl groups excluding tert-OH is 1. The van der Waals surface area contributed by atoms with Crippen LogP contribution in [0.15, 0.2) is 35.9 Å². The molecule has 0 aliphatic rings. The number of hydrogen-bond acceptors (Lipinski definition) is 2. The monoisotopic (exact) mass is 251 g/mol. The number of hydrogen-bond donors (Lipinski definition) is 2. The van der Waals surface area contributed by atoms with Crippen molar-refractivity contribution in [1.82, 2.24) is 0 Å². The maximum Gasteiger partial charge on any atom is 0.113 e. The highest BCUT2D eigenvalue weighted by atomic mass is 16.3. The van der Waals surface area contributed by atoms with Gasteiger partial charge in [0.1, 0.15) is 7.85 Å². The second-order valence-electron chi connectivity index (χ2n) is 3.16. The summed E-state index contributed by atoms with van der Waals surface area (Å²) >= 11 is 0. The van der Waals surface area contributed by atoms with E-state index in [9.17, 15) is 0 Å². The lowest BCUT2D eigenvalue weighted by molar-refractivity contribution is 0.269. The smallest absolute Gasteiger partial charge is 0.113 e. The lowest BCUT2D eigenvalue weighted by Crippen LogP contribution is -2.17. The van der Waals surface area contributed by atoms with Gasteiger partial charge in [0, 0.05) is 6.61 Å². The number of aliphatic hydroxyl groups is 1. The summed E-state index contributed by atoms with van der Waals surface area (Å²) in [5, 5.41) is 8.79. The van der Waals surface area contributed by atoms with E-state index < -0.39 is 0 Å². The number of rotatable bonds is 6. The van der Waals surface area contributed by atoms with Crippen LogP contribution in [0.2, 0.25) is 0 Å². The zero-order valence-corrected chi connectivity index (χ0v) is 12.7. The molecule has 0 bridgehead atoms. The van der Waals surface area contributed by atoms with E-state index in [-0.39, 0.29) is 12.5 Å². The molecule has 0 heterocycles. The van der Waals surface area contributed by atoms with Crippen LogP contribution in [0.4, 0.5) is 0 Å². The van der Waals surface area contributed by atoms with E-state index in [1.807, 2.05) is 40.7 Å². The van der Waals surface area contributed by atoms with E-state index in [4.69, 9.17) is 18.7 Å². The van der Waals surface area contributed by atoms with Gasteiger partial charge in [-0.2, -0.15) is 0 Å². The van der Waals surface area contributed by atoms with Gasteiger partial charge < -0.3 is 10.8 Å². The van der Waals surface area contributed by atoms with Crippen molar-refractivity contribution in [1.29, 1.82) is 0 Å². The Bertz CT molecular complexity index is 235. The fourth-order valence-electron chi connectivity index (χ4n) is 1.18. The third kappa shape index (κ3) is 13.3. The molecule has 104 valence electrons. The maximum absolute atomic E-state index is 8.79. The van der Waals surface area contributed by atoms with Gasteiger partial charge in [-0.25, -0.2) is 0 Å². The largest absolute Gasteiger partial charge is 0.396 e. The summed E-state index contributed by atoms with van der Waals surface area (Å²) in [6, 6.07) is 0. The zero-order valence-electron chi connectivity index (χ0n) is 12.7.